The number of ether oxygens (including phenoxy) is 1. The topological polar surface area (TPSA) is 134 Å². The monoisotopic (exact) mass is 821 g/mol. The Kier molecular flexibility index (Phi) is 15.6. The number of anilines is 2. The number of aryl methyl sites for hydroxylation is 2. The van der Waals surface area contributed by atoms with Gasteiger partial charge in [-0.1, -0.05) is 59.6 Å². The van der Waals surface area contributed by atoms with Gasteiger partial charge < -0.3 is 30.9 Å². The summed E-state index contributed by atoms with van der Waals surface area (Å²) in [6, 6.07) is 29.4. The van der Waals surface area contributed by atoms with Crippen molar-refractivity contribution >= 4 is 46.8 Å². The van der Waals surface area contributed by atoms with Gasteiger partial charge in [-0.2, -0.15) is 0 Å². The molecule has 59 heavy (non-hydrogen) atoms. The molecule has 0 spiro atoms. The van der Waals surface area contributed by atoms with Crippen molar-refractivity contribution in [1.29, 1.82) is 0 Å². The third-order valence-corrected chi connectivity index (χ3v) is 11.0. The van der Waals surface area contributed by atoms with Crippen molar-refractivity contribution in [3.63, 3.8) is 0 Å². The number of nitrogens with zero attached hydrogens (tertiary/aromatic N) is 2. The summed E-state index contributed by atoms with van der Waals surface area (Å²) in [6.45, 7) is 13.3. The van der Waals surface area contributed by atoms with Crippen molar-refractivity contribution in [2.45, 2.75) is 97.6 Å². The summed E-state index contributed by atoms with van der Waals surface area (Å²) < 4.78 is 5.66. The van der Waals surface area contributed by atoms with E-state index in [1.165, 1.54) is 5.56 Å². The molecule has 6 rings (SSSR count). The van der Waals surface area contributed by atoms with Gasteiger partial charge in [-0.3, -0.25) is 14.4 Å². The molecule has 11 heteroatoms. The highest BCUT2D eigenvalue weighted by atomic mass is 35.5. The molecular weight excluding hydrogens is 762 g/mol. The van der Waals surface area contributed by atoms with Gasteiger partial charge in [0.2, 0.25) is 11.8 Å². The summed E-state index contributed by atoms with van der Waals surface area (Å²) in [5.41, 5.74) is 12.7. The van der Waals surface area contributed by atoms with E-state index >= 15 is 0 Å². The number of nitrogens with one attached hydrogen (secondary N) is 2. The van der Waals surface area contributed by atoms with Crippen molar-refractivity contribution in [2.24, 2.45) is 5.92 Å². The maximum atomic E-state index is 13.3. The molecule has 1 fully saturated rings. The highest BCUT2D eigenvalue weighted by Crippen LogP contribution is 2.35. The van der Waals surface area contributed by atoms with Crippen LogP contribution in [0.5, 0.6) is 0 Å². The predicted molar refractivity (Wildman–Crippen MR) is 238 cm³/mol. The molecule has 4 amide bonds. The zero-order chi connectivity index (χ0) is 42.7. The predicted octanol–water partition coefficient (Wildman–Crippen LogP) is 9.33. The van der Waals surface area contributed by atoms with Crippen LogP contribution in [0, 0.1) is 12.8 Å². The molecule has 0 aromatic heterocycles. The van der Waals surface area contributed by atoms with E-state index in [4.69, 9.17) is 22.1 Å². The fourth-order valence-electron chi connectivity index (χ4n) is 7.70. The molecule has 0 radical (unpaired) electrons. The minimum absolute atomic E-state index is 0.0410. The van der Waals surface area contributed by atoms with Crippen molar-refractivity contribution in [3.05, 3.63) is 118 Å². The molecule has 10 nitrogen and oxygen atoms in total. The van der Waals surface area contributed by atoms with Crippen LogP contribution in [0.4, 0.5) is 16.2 Å². The van der Waals surface area contributed by atoms with Crippen molar-refractivity contribution in [3.8, 4) is 11.1 Å². The Morgan fingerprint density at radius 3 is 2.17 bits per heavy atom. The minimum Gasteiger partial charge on any atom is -0.444 e. The number of carbonyl (C=O) groups excluding carboxylic acids is 4. The lowest BCUT2D eigenvalue weighted by Gasteiger charge is -2.38. The van der Waals surface area contributed by atoms with Gasteiger partial charge >= 0.3 is 6.09 Å². The van der Waals surface area contributed by atoms with Gasteiger partial charge in [0, 0.05) is 67.0 Å². The third kappa shape index (κ3) is 13.1. The van der Waals surface area contributed by atoms with Crippen LogP contribution in [0.15, 0.2) is 91.0 Å². The first-order valence-electron chi connectivity index (χ1n) is 20.7. The first-order chi connectivity index (χ1) is 28.1. The Labute approximate surface area is 354 Å². The number of nitrogens with two attached hydrogens (primary N) is 1. The summed E-state index contributed by atoms with van der Waals surface area (Å²) in [6.07, 6.45) is 4.62. The van der Waals surface area contributed by atoms with E-state index in [0.717, 1.165) is 70.8 Å². The molecule has 0 bridgehead atoms. The Morgan fingerprint density at radius 2 is 1.53 bits per heavy atom. The highest BCUT2D eigenvalue weighted by molar-refractivity contribution is 6.30. The molecule has 2 aliphatic rings. The van der Waals surface area contributed by atoms with Crippen molar-refractivity contribution in [2.75, 3.05) is 36.8 Å². The molecule has 4 aromatic rings. The number of piperidine rings is 1. The number of fused-ring (bicyclic) bond motifs is 1. The Balaban J connectivity index is 0.000000738. The second-order valence-corrected chi connectivity index (χ2v) is 17.2. The SMILES string of the molecule is CC(=O)N1c2ccc(-c3ccc(C(=O)NCCCCCNC(=O)C4CC(c5cccc(C)c5)CN(C(=O)OC(C)(C)C)C4)cc3)cc2CC[C@@H]1C.Nc1ccc(Cl)cc1. The number of hydrogen-bond acceptors (Lipinski definition) is 6. The summed E-state index contributed by atoms with van der Waals surface area (Å²) >= 11 is 5.56. The van der Waals surface area contributed by atoms with Crippen LogP contribution < -0.4 is 21.3 Å². The van der Waals surface area contributed by atoms with E-state index in [1.807, 2.05) is 81.1 Å². The second kappa shape index (κ2) is 20.6. The van der Waals surface area contributed by atoms with Crippen molar-refractivity contribution in [1.82, 2.24) is 15.5 Å². The number of rotatable bonds is 10. The summed E-state index contributed by atoms with van der Waals surface area (Å²) in [5, 5.41) is 6.83. The van der Waals surface area contributed by atoms with Crippen LogP contribution in [-0.2, 0) is 20.7 Å². The zero-order valence-electron chi connectivity index (χ0n) is 35.4. The van der Waals surface area contributed by atoms with E-state index in [9.17, 15) is 19.2 Å². The van der Waals surface area contributed by atoms with Gasteiger partial charge in [0.25, 0.3) is 5.91 Å². The van der Waals surface area contributed by atoms with Gasteiger partial charge in [0.15, 0.2) is 0 Å². The van der Waals surface area contributed by atoms with Crippen LogP contribution in [0.2, 0.25) is 5.02 Å². The molecule has 0 aliphatic carbocycles. The quantitative estimate of drug-likeness (QED) is 0.108. The number of hydrogen-bond donors (Lipinski definition) is 3. The number of nitrogen functional groups attached to an aromatic ring is 1. The number of amides is 4. The molecule has 0 saturated carbocycles. The van der Waals surface area contributed by atoms with Crippen molar-refractivity contribution < 1.29 is 23.9 Å². The lowest BCUT2D eigenvalue weighted by atomic mass is 9.83. The van der Waals surface area contributed by atoms with Crippen LogP contribution in [0.25, 0.3) is 11.1 Å². The maximum absolute atomic E-state index is 13.3. The largest absolute Gasteiger partial charge is 0.444 e. The number of benzene rings is 4. The summed E-state index contributed by atoms with van der Waals surface area (Å²) in [4.78, 5) is 54.9. The van der Waals surface area contributed by atoms with Crippen LogP contribution in [-0.4, -0.2) is 66.5 Å². The lowest BCUT2D eigenvalue weighted by molar-refractivity contribution is -0.126. The van der Waals surface area contributed by atoms with Gasteiger partial charge in [-0.05, 0) is 144 Å². The molecule has 3 atom stereocenters. The normalized spacial score (nSPS) is 17.5. The molecule has 2 unspecified atom stereocenters. The molecule has 4 aromatic carbocycles. The Hall–Kier alpha value is -5.35. The van der Waals surface area contributed by atoms with Crippen LogP contribution in [0.3, 0.4) is 0 Å². The Morgan fingerprint density at radius 1 is 0.847 bits per heavy atom. The number of carbonyl (C=O) groups is 4. The first kappa shape index (κ1) is 44.7. The molecular formula is C48H60ClN5O5. The van der Waals surface area contributed by atoms with Gasteiger partial charge in [-0.25, -0.2) is 4.79 Å². The van der Waals surface area contributed by atoms with E-state index in [2.05, 4.69) is 35.8 Å². The van der Waals surface area contributed by atoms with Crippen LogP contribution in [0.1, 0.15) is 99.7 Å². The lowest BCUT2D eigenvalue weighted by Crippen LogP contribution is -2.49. The molecule has 2 aliphatic heterocycles. The van der Waals surface area contributed by atoms with Gasteiger partial charge in [-0.15, -0.1) is 0 Å². The smallest absolute Gasteiger partial charge is 0.410 e. The maximum Gasteiger partial charge on any atom is 0.410 e. The third-order valence-electron chi connectivity index (χ3n) is 10.7. The molecule has 314 valence electrons. The fraction of sp³-hybridized carbons (Fsp3) is 0.417. The van der Waals surface area contributed by atoms with Gasteiger partial charge in [0.1, 0.15) is 5.60 Å². The second-order valence-electron chi connectivity index (χ2n) is 16.8. The average Bonchev–Trinajstić information content (AvgIpc) is 3.20. The number of unbranched alkanes of at least 4 members (excludes halogenated alkanes) is 2. The summed E-state index contributed by atoms with van der Waals surface area (Å²) in [7, 11) is 0. The zero-order valence-corrected chi connectivity index (χ0v) is 36.1. The fourth-order valence-corrected chi connectivity index (χ4v) is 7.83. The van der Waals surface area contributed by atoms with Gasteiger partial charge in [0.05, 0.1) is 5.92 Å². The van der Waals surface area contributed by atoms with Crippen LogP contribution >= 0.6 is 11.6 Å². The van der Waals surface area contributed by atoms with E-state index in [1.54, 1.807) is 36.1 Å². The summed E-state index contributed by atoms with van der Waals surface area (Å²) in [5.74, 6) is -0.359. The molecule has 4 N–H and O–H groups in total. The molecule has 1 saturated heterocycles. The average molecular weight is 822 g/mol. The van der Waals surface area contributed by atoms with E-state index in [0.29, 0.717) is 38.2 Å². The van der Waals surface area contributed by atoms with E-state index < -0.39 is 5.60 Å². The number of halogens is 1. The Bertz CT molecular complexity index is 2040. The highest BCUT2D eigenvalue weighted by Gasteiger charge is 2.36. The number of likely N-dealkylation sites (tertiary alicyclic amines) is 1. The standard InChI is InChI=1S/C42H54N4O5.C6H6ClN/c1-28-11-10-12-33(23-28)36-25-37(27-45(26-36)41(50)51-42(4,5)6)40(49)44-22-9-7-8-21-43-39(48)32-17-15-31(16-18-32)34-19-20-38-35(24-34)14-13-29(2)46(38)30(3)47;7-5-1-3-6(8)4-2-5/h10-12,15-20,23-24,29,36-37H,7-9,13-14,21-22,25-27H2,1-6H3,(H,43,48)(H,44,49);1-4H,8H2/t29-,36?,37?;/m0./s1. The minimum atomic E-state index is -0.612. The first-order valence-corrected chi connectivity index (χ1v) is 21.1. The van der Waals surface area contributed by atoms with E-state index in [-0.39, 0.29) is 41.7 Å². The molecule has 2 heterocycles.